The number of anilines is 1. The largest absolute Gasteiger partial charge is 0.573 e. The van der Waals surface area contributed by atoms with Crippen LogP contribution < -0.4 is 20.7 Å². The molecule has 4 aromatic rings. The third-order valence-corrected chi connectivity index (χ3v) is 7.36. The minimum Gasteiger partial charge on any atom is -0.406 e. The molecule has 8 nitrogen and oxygen atoms in total. The number of benzene rings is 3. The maximum atomic E-state index is 13.5. The molecule has 0 spiro atoms. The molecule has 1 aliphatic rings. The molecule has 0 bridgehead atoms. The number of hydrogen-bond acceptors (Lipinski definition) is 7. The van der Waals surface area contributed by atoms with Gasteiger partial charge in [-0.15, -0.1) is 18.7 Å². The monoisotopic (exact) mass is 609 g/mol. The van der Waals surface area contributed by atoms with Crippen LogP contribution in [0.25, 0.3) is 22.5 Å². The van der Waals surface area contributed by atoms with Crippen molar-refractivity contribution in [1.29, 1.82) is 0 Å². The number of ether oxygens (including phenoxy) is 1. The van der Waals surface area contributed by atoms with Crippen LogP contribution in [0.1, 0.15) is 17.1 Å². The summed E-state index contributed by atoms with van der Waals surface area (Å²) in [6.45, 7) is 1.41. The molecule has 220 valence electrons. The molecule has 0 fully saturated rings. The molecule has 0 radical (unpaired) electrons. The molecule has 0 saturated carbocycles. The number of nitrogens with one attached hydrogen (secondary N) is 2. The lowest BCUT2D eigenvalue weighted by atomic mass is 10.0. The molecule has 0 saturated heterocycles. The van der Waals surface area contributed by atoms with Crippen molar-refractivity contribution in [3.05, 3.63) is 96.2 Å². The number of hydrazine groups is 2. The minimum atomic E-state index is -4.87. The molecular formula is C27H21F6N5O3S. The quantitative estimate of drug-likeness (QED) is 0.260. The van der Waals surface area contributed by atoms with Gasteiger partial charge in [0.05, 0.1) is 22.0 Å². The molecular weight excluding hydrogens is 588 g/mol. The number of imidazole rings is 1. The van der Waals surface area contributed by atoms with E-state index in [4.69, 9.17) is 0 Å². The van der Waals surface area contributed by atoms with Gasteiger partial charge in [-0.05, 0) is 66.6 Å². The Kier molecular flexibility index (Phi) is 7.18. The van der Waals surface area contributed by atoms with E-state index in [2.05, 4.69) is 20.7 Å². The van der Waals surface area contributed by atoms with E-state index in [1.165, 1.54) is 47.0 Å². The Labute approximate surface area is 235 Å². The summed E-state index contributed by atoms with van der Waals surface area (Å²) in [6.07, 6.45) is -6.12. The first-order chi connectivity index (χ1) is 19.6. The molecule has 0 atom stereocenters. The van der Waals surface area contributed by atoms with Gasteiger partial charge in [0.25, 0.3) is 0 Å². The van der Waals surface area contributed by atoms with E-state index in [1.54, 1.807) is 30.3 Å². The standard InChI is InChI=1S/C27H21F6N5O3S/c1-16-35-25(26(28,29)30)15-37(16)22-11-8-19(18-4-3-5-21(12-18)42(2,39)40)13-23(22)38-24(14-34-36-38)17-6-9-20(10-7-17)41-27(31,32)33/h3-15,34,36H,1-2H3. The lowest BCUT2D eigenvalue weighted by Gasteiger charge is -2.26. The van der Waals surface area contributed by atoms with Crippen LogP contribution in [0.4, 0.5) is 32.0 Å². The highest BCUT2D eigenvalue weighted by Crippen LogP contribution is 2.38. The van der Waals surface area contributed by atoms with Crippen LogP contribution in [0, 0.1) is 6.92 Å². The molecule has 5 rings (SSSR count). The summed E-state index contributed by atoms with van der Waals surface area (Å²) in [4.78, 5) is 3.74. The molecule has 1 aliphatic heterocycles. The van der Waals surface area contributed by atoms with Crippen LogP contribution in [0.2, 0.25) is 0 Å². The molecule has 0 unspecified atom stereocenters. The SMILES string of the molecule is Cc1nc(C(F)(F)F)cn1-c1ccc(-c2cccc(S(C)(=O)=O)c2)cc1N1NNC=C1c1ccc(OC(F)(F)F)cc1. The number of alkyl halides is 6. The van der Waals surface area contributed by atoms with Crippen molar-refractivity contribution in [2.45, 2.75) is 24.4 Å². The fourth-order valence-corrected chi connectivity index (χ4v) is 5.03. The Balaban J connectivity index is 1.63. The summed E-state index contributed by atoms with van der Waals surface area (Å²) in [7, 11) is -3.53. The van der Waals surface area contributed by atoms with E-state index in [9.17, 15) is 34.8 Å². The van der Waals surface area contributed by atoms with Gasteiger partial charge in [0.2, 0.25) is 0 Å². The van der Waals surface area contributed by atoms with Crippen LogP contribution in [0.5, 0.6) is 5.75 Å². The predicted molar refractivity (Wildman–Crippen MR) is 142 cm³/mol. The van der Waals surface area contributed by atoms with Crippen molar-refractivity contribution >= 4 is 21.2 Å². The zero-order chi connectivity index (χ0) is 30.4. The average molecular weight is 610 g/mol. The van der Waals surface area contributed by atoms with Crippen LogP contribution in [-0.2, 0) is 16.0 Å². The maximum absolute atomic E-state index is 13.5. The summed E-state index contributed by atoms with van der Waals surface area (Å²) in [6, 6.07) is 16.0. The van der Waals surface area contributed by atoms with E-state index in [0.717, 1.165) is 24.6 Å². The van der Waals surface area contributed by atoms with Crippen molar-refractivity contribution in [2.24, 2.45) is 0 Å². The zero-order valence-corrected chi connectivity index (χ0v) is 22.6. The molecule has 0 aliphatic carbocycles. The van der Waals surface area contributed by atoms with Gasteiger partial charge in [-0.3, -0.25) is 5.01 Å². The van der Waals surface area contributed by atoms with Crippen molar-refractivity contribution in [1.82, 2.24) is 20.5 Å². The number of nitrogens with zero attached hydrogens (tertiary/aromatic N) is 3. The molecule has 2 heterocycles. The Hall–Kier alpha value is -4.50. The van der Waals surface area contributed by atoms with Gasteiger partial charge in [-0.1, -0.05) is 18.2 Å². The predicted octanol–water partition coefficient (Wildman–Crippen LogP) is 6.00. The minimum absolute atomic E-state index is 0.0433. The molecule has 15 heteroatoms. The second-order valence-corrected chi connectivity index (χ2v) is 11.3. The van der Waals surface area contributed by atoms with Crippen molar-refractivity contribution in [3.63, 3.8) is 0 Å². The summed E-state index contributed by atoms with van der Waals surface area (Å²) >= 11 is 0. The highest BCUT2D eigenvalue weighted by Gasteiger charge is 2.35. The number of aromatic nitrogens is 2. The van der Waals surface area contributed by atoms with Gasteiger partial charge >= 0.3 is 12.5 Å². The van der Waals surface area contributed by atoms with Crippen LogP contribution in [-0.4, -0.2) is 30.6 Å². The van der Waals surface area contributed by atoms with Gasteiger partial charge in [0.15, 0.2) is 15.5 Å². The molecule has 0 amide bonds. The Morgan fingerprint density at radius 1 is 0.857 bits per heavy atom. The van der Waals surface area contributed by atoms with Crippen LogP contribution >= 0.6 is 0 Å². The second kappa shape index (κ2) is 10.4. The van der Waals surface area contributed by atoms with E-state index < -0.39 is 33.8 Å². The van der Waals surface area contributed by atoms with Crippen molar-refractivity contribution in [3.8, 4) is 22.6 Å². The van der Waals surface area contributed by atoms with Crippen LogP contribution in [0.3, 0.4) is 0 Å². The smallest absolute Gasteiger partial charge is 0.406 e. The van der Waals surface area contributed by atoms with Crippen LogP contribution in [0.15, 0.2) is 84.0 Å². The number of sulfone groups is 1. The third kappa shape index (κ3) is 6.06. The summed E-state index contributed by atoms with van der Waals surface area (Å²) in [5.41, 5.74) is 7.09. The van der Waals surface area contributed by atoms with Crippen molar-refractivity contribution < 1.29 is 39.5 Å². The van der Waals surface area contributed by atoms with E-state index >= 15 is 0 Å². The number of aryl methyl sites for hydroxylation is 1. The Morgan fingerprint density at radius 3 is 2.14 bits per heavy atom. The Bertz CT molecular complexity index is 1780. The number of hydrogen-bond donors (Lipinski definition) is 2. The Morgan fingerprint density at radius 2 is 1.52 bits per heavy atom. The third-order valence-electron chi connectivity index (χ3n) is 6.25. The number of halogens is 6. The number of rotatable bonds is 6. The van der Waals surface area contributed by atoms with Gasteiger partial charge in [-0.2, -0.15) is 13.2 Å². The fourth-order valence-electron chi connectivity index (χ4n) is 4.37. The normalized spacial score (nSPS) is 14.1. The molecule has 2 N–H and O–H groups in total. The first kappa shape index (κ1) is 29.0. The van der Waals surface area contributed by atoms with Gasteiger partial charge in [0, 0.05) is 24.2 Å². The summed E-state index contributed by atoms with van der Waals surface area (Å²) in [5.74, 6) is -0.388. The lowest BCUT2D eigenvalue weighted by molar-refractivity contribution is -0.274. The molecule has 3 aromatic carbocycles. The summed E-state index contributed by atoms with van der Waals surface area (Å²) in [5, 5.41) is 1.49. The van der Waals surface area contributed by atoms with Gasteiger partial charge < -0.3 is 14.7 Å². The first-order valence-electron chi connectivity index (χ1n) is 12.1. The lowest BCUT2D eigenvalue weighted by Crippen LogP contribution is -2.37. The topological polar surface area (TPSA) is 88.5 Å². The van der Waals surface area contributed by atoms with E-state index in [0.29, 0.717) is 28.1 Å². The first-order valence-corrected chi connectivity index (χ1v) is 13.9. The van der Waals surface area contributed by atoms with E-state index in [-0.39, 0.29) is 16.4 Å². The van der Waals surface area contributed by atoms with Gasteiger partial charge in [-0.25, -0.2) is 13.4 Å². The van der Waals surface area contributed by atoms with Crippen molar-refractivity contribution in [2.75, 3.05) is 11.3 Å². The summed E-state index contributed by atoms with van der Waals surface area (Å²) < 4.78 is 108. The highest BCUT2D eigenvalue weighted by molar-refractivity contribution is 7.90. The second-order valence-electron chi connectivity index (χ2n) is 9.24. The van der Waals surface area contributed by atoms with Gasteiger partial charge in [0.1, 0.15) is 11.6 Å². The fraction of sp³-hybridized carbons (Fsp3) is 0.148. The average Bonchev–Trinajstić information content (AvgIpc) is 3.54. The highest BCUT2D eigenvalue weighted by atomic mass is 32.2. The molecule has 1 aromatic heterocycles. The maximum Gasteiger partial charge on any atom is 0.573 e. The zero-order valence-electron chi connectivity index (χ0n) is 21.7. The molecule has 42 heavy (non-hydrogen) atoms. The van der Waals surface area contributed by atoms with E-state index in [1.807, 2.05) is 0 Å².